The first-order valence-corrected chi connectivity index (χ1v) is 7.73. The van der Waals surface area contributed by atoms with Crippen molar-refractivity contribution in [2.45, 2.75) is 26.8 Å². The largest absolute Gasteiger partial charge is 0.443 e. The second kappa shape index (κ2) is 5.91. The maximum Gasteiger partial charge on any atom is 0.339 e. The van der Waals surface area contributed by atoms with E-state index >= 15 is 0 Å². The second-order valence-corrected chi connectivity index (χ2v) is 6.13. The number of hydrogen-bond donors (Lipinski definition) is 2. The highest BCUT2D eigenvalue weighted by molar-refractivity contribution is 6.33. The Kier molecular flexibility index (Phi) is 4.12. The summed E-state index contributed by atoms with van der Waals surface area (Å²) >= 11 is 6.34. The summed E-state index contributed by atoms with van der Waals surface area (Å²) in [5.41, 5.74) is 2.57. The average Bonchev–Trinajstić information content (AvgIpc) is 2.52. The number of halogens is 1. The molecule has 0 spiro atoms. The SMILES string of the molecule is Cc1c(C)c2cc(Cl)c3c(c2oc1=O)C[NH+](CCCO)CO3. The number of hydrogen-bond acceptors (Lipinski definition) is 4. The molecule has 22 heavy (non-hydrogen) atoms. The second-order valence-electron chi connectivity index (χ2n) is 5.72. The number of aliphatic hydroxyl groups is 1. The fourth-order valence-corrected chi connectivity index (χ4v) is 3.15. The summed E-state index contributed by atoms with van der Waals surface area (Å²) < 4.78 is 11.3. The maximum atomic E-state index is 12.0. The monoisotopic (exact) mass is 324 g/mol. The molecule has 118 valence electrons. The van der Waals surface area contributed by atoms with Crippen LogP contribution in [0.25, 0.3) is 11.0 Å². The van der Waals surface area contributed by atoms with Gasteiger partial charge in [0.05, 0.1) is 17.1 Å². The molecule has 0 bridgehead atoms. The molecule has 1 unspecified atom stereocenters. The Bertz CT molecular complexity index is 784. The topological polar surface area (TPSA) is 64.1 Å². The molecule has 3 rings (SSSR count). The first-order valence-electron chi connectivity index (χ1n) is 7.35. The van der Waals surface area contributed by atoms with Crippen LogP contribution in [-0.4, -0.2) is 25.0 Å². The number of aliphatic hydroxyl groups excluding tert-OH is 1. The Morgan fingerprint density at radius 2 is 2.14 bits per heavy atom. The van der Waals surface area contributed by atoms with Crippen LogP contribution in [-0.2, 0) is 6.54 Å². The van der Waals surface area contributed by atoms with Gasteiger partial charge in [-0.15, -0.1) is 0 Å². The summed E-state index contributed by atoms with van der Waals surface area (Å²) in [4.78, 5) is 13.2. The lowest BCUT2D eigenvalue weighted by molar-refractivity contribution is -0.932. The summed E-state index contributed by atoms with van der Waals surface area (Å²) in [5.74, 6) is 0.605. The highest BCUT2D eigenvalue weighted by atomic mass is 35.5. The smallest absolute Gasteiger partial charge is 0.339 e. The van der Waals surface area contributed by atoms with Crippen LogP contribution >= 0.6 is 11.6 Å². The third kappa shape index (κ3) is 2.49. The van der Waals surface area contributed by atoms with Gasteiger partial charge in [0, 0.05) is 24.0 Å². The van der Waals surface area contributed by atoms with Gasteiger partial charge >= 0.3 is 5.63 Å². The molecule has 0 radical (unpaired) electrons. The van der Waals surface area contributed by atoms with Gasteiger partial charge in [0.15, 0.2) is 11.3 Å². The van der Waals surface area contributed by atoms with Gasteiger partial charge in [0.1, 0.15) is 6.54 Å². The van der Waals surface area contributed by atoms with E-state index < -0.39 is 0 Å². The summed E-state index contributed by atoms with van der Waals surface area (Å²) in [6.45, 7) is 5.75. The van der Waals surface area contributed by atoms with Gasteiger partial charge in [0.2, 0.25) is 6.73 Å². The molecular weight excluding hydrogens is 306 g/mol. The van der Waals surface area contributed by atoms with Crippen molar-refractivity contribution < 1.29 is 19.2 Å². The molecule has 6 heteroatoms. The Labute approximate surface area is 133 Å². The van der Waals surface area contributed by atoms with Crippen molar-refractivity contribution in [3.63, 3.8) is 0 Å². The number of benzene rings is 1. The van der Waals surface area contributed by atoms with Crippen molar-refractivity contribution in [1.82, 2.24) is 0 Å². The highest BCUT2D eigenvalue weighted by Crippen LogP contribution is 2.37. The third-order valence-corrected chi connectivity index (χ3v) is 4.56. The third-order valence-electron chi connectivity index (χ3n) is 4.28. The standard InChI is InChI=1S/C16H18ClNO4/c1-9-10(2)16(20)22-14-11(9)6-13(17)15-12(14)7-18(8-21-15)4-3-5-19/h6,19H,3-5,7-8H2,1-2H3/p+1. The van der Waals surface area contributed by atoms with Crippen molar-refractivity contribution in [2.24, 2.45) is 0 Å². The van der Waals surface area contributed by atoms with E-state index in [-0.39, 0.29) is 12.2 Å². The number of aryl methyl sites for hydroxylation is 1. The van der Waals surface area contributed by atoms with Crippen molar-refractivity contribution in [1.29, 1.82) is 0 Å². The zero-order chi connectivity index (χ0) is 15.9. The summed E-state index contributed by atoms with van der Waals surface area (Å²) in [5, 5.41) is 10.4. The van der Waals surface area contributed by atoms with Crippen molar-refractivity contribution in [3.05, 3.63) is 38.2 Å². The molecule has 2 N–H and O–H groups in total. The first kappa shape index (κ1) is 15.3. The van der Waals surface area contributed by atoms with Crippen molar-refractivity contribution in [2.75, 3.05) is 19.9 Å². The summed E-state index contributed by atoms with van der Waals surface area (Å²) in [6.07, 6.45) is 0.703. The Hall–Kier alpha value is -1.56. The maximum absolute atomic E-state index is 12.0. The van der Waals surface area contributed by atoms with E-state index in [0.29, 0.717) is 41.6 Å². The van der Waals surface area contributed by atoms with Crippen LogP contribution < -0.4 is 15.3 Å². The van der Waals surface area contributed by atoms with Crippen molar-refractivity contribution >= 4 is 22.6 Å². The van der Waals surface area contributed by atoms with Gasteiger partial charge in [-0.2, -0.15) is 0 Å². The van der Waals surface area contributed by atoms with E-state index in [1.54, 1.807) is 13.0 Å². The molecule has 5 nitrogen and oxygen atoms in total. The molecule has 0 amide bonds. The predicted molar refractivity (Wildman–Crippen MR) is 83.7 cm³/mol. The van der Waals surface area contributed by atoms with E-state index in [2.05, 4.69) is 0 Å². The number of ether oxygens (including phenoxy) is 1. The van der Waals surface area contributed by atoms with E-state index in [4.69, 9.17) is 25.9 Å². The van der Waals surface area contributed by atoms with Crippen molar-refractivity contribution in [3.8, 4) is 5.75 Å². The molecule has 1 aromatic heterocycles. The van der Waals surface area contributed by atoms with E-state index in [9.17, 15) is 4.79 Å². The highest BCUT2D eigenvalue weighted by Gasteiger charge is 2.27. The Morgan fingerprint density at radius 3 is 2.86 bits per heavy atom. The van der Waals surface area contributed by atoms with Crippen LogP contribution in [0.3, 0.4) is 0 Å². The molecule has 0 saturated carbocycles. The lowest BCUT2D eigenvalue weighted by Crippen LogP contribution is -3.12. The zero-order valence-corrected chi connectivity index (χ0v) is 13.4. The minimum absolute atomic E-state index is 0.153. The predicted octanol–water partition coefficient (Wildman–Crippen LogP) is 1.18. The molecule has 2 aromatic rings. The molecular formula is C16H19ClNO4+. The quantitative estimate of drug-likeness (QED) is 0.832. The number of fused-ring (bicyclic) bond motifs is 3. The zero-order valence-electron chi connectivity index (χ0n) is 12.7. The van der Waals surface area contributed by atoms with Gasteiger partial charge in [-0.1, -0.05) is 11.6 Å². The van der Waals surface area contributed by atoms with Crippen LogP contribution in [0.4, 0.5) is 0 Å². The van der Waals surface area contributed by atoms with Gasteiger partial charge in [-0.05, 0) is 25.5 Å². The minimum Gasteiger partial charge on any atom is -0.443 e. The lowest BCUT2D eigenvalue weighted by atomic mass is 10.0. The normalized spacial score (nSPS) is 17.4. The number of quaternary nitrogens is 1. The lowest BCUT2D eigenvalue weighted by Gasteiger charge is -2.27. The van der Waals surface area contributed by atoms with Gasteiger partial charge in [-0.3, -0.25) is 4.90 Å². The molecule has 1 atom stereocenters. The van der Waals surface area contributed by atoms with Crippen LogP contribution in [0.1, 0.15) is 23.1 Å². The molecule has 0 aliphatic carbocycles. The first-order chi connectivity index (χ1) is 10.5. The average molecular weight is 325 g/mol. The summed E-state index contributed by atoms with van der Waals surface area (Å²) in [7, 11) is 0. The van der Waals surface area contributed by atoms with Crippen LogP contribution in [0.5, 0.6) is 5.75 Å². The Morgan fingerprint density at radius 1 is 1.36 bits per heavy atom. The van der Waals surface area contributed by atoms with E-state index in [1.165, 1.54) is 4.90 Å². The number of rotatable bonds is 3. The van der Waals surface area contributed by atoms with Gasteiger partial charge < -0.3 is 14.3 Å². The molecule has 0 saturated heterocycles. The fourth-order valence-electron chi connectivity index (χ4n) is 2.87. The number of nitrogens with one attached hydrogen (secondary N) is 1. The molecule has 2 heterocycles. The summed E-state index contributed by atoms with van der Waals surface area (Å²) in [6, 6.07) is 1.81. The van der Waals surface area contributed by atoms with Gasteiger partial charge in [0.25, 0.3) is 0 Å². The van der Waals surface area contributed by atoms with Gasteiger partial charge in [-0.25, -0.2) is 4.79 Å². The molecule has 1 aliphatic rings. The van der Waals surface area contributed by atoms with E-state index in [1.807, 2.05) is 6.92 Å². The fraction of sp³-hybridized carbons (Fsp3) is 0.438. The van der Waals surface area contributed by atoms with Crippen LogP contribution in [0.2, 0.25) is 5.02 Å². The molecule has 1 aromatic carbocycles. The van der Waals surface area contributed by atoms with Crippen LogP contribution in [0, 0.1) is 13.8 Å². The Balaban J connectivity index is 2.16. The molecule has 1 aliphatic heterocycles. The minimum atomic E-state index is -0.322. The molecule has 0 fully saturated rings. The van der Waals surface area contributed by atoms with Crippen LogP contribution in [0.15, 0.2) is 15.3 Å². The van der Waals surface area contributed by atoms with E-state index in [0.717, 1.165) is 23.1 Å².